The van der Waals surface area contributed by atoms with E-state index in [1.165, 1.54) is 26.0 Å². The van der Waals surface area contributed by atoms with Gasteiger partial charge in [0.2, 0.25) is 5.96 Å². The average molecular weight is 412 g/mol. The number of methoxy groups -OCH3 is 1. The quantitative estimate of drug-likeness (QED) is 0.688. The molecule has 0 saturated heterocycles. The molecule has 1 aromatic rings. The summed E-state index contributed by atoms with van der Waals surface area (Å²) in [5.74, 6) is 1.34. The van der Waals surface area contributed by atoms with Crippen LogP contribution in [-0.2, 0) is 0 Å². The number of guanidine groups is 1. The predicted octanol–water partition coefficient (Wildman–Crippen LogP) is 3.29. The maximum atomic E-state index is 11.3. The van der Waals surface area contributed by atoms with Gasteiger partial charge in [-0.1, -0.05) is 19.8 Å². The fourth-order valence-electron chi connectivity index (χ4n) is 4.41. The predicted molar refractivity (Wildman–Crippen MR) is 117 cm³/mol. The molecule has 8 nitrogen and oxygen atoms in total. The third kappa shape index (κ3) is 3.86. The Hall–Kier alpha value is -3.03. The van der Waals surface area contributed by atoms with Crippen LogP contribution in [0, 0.1) is 5.92 Å². The minimum Gasteiger partial charge on any atom is -0.495 e. The van der Waals surface area contributed by atoms with Crippen LogP contribution >= 0.6 is 0 Å². The summed E-state index contributed by atoms with van der Waals surface area (Å²) in [7, 11) is 3.64. The largest absolute Gasteiger partial charge is 0.495 e. The van der Waals surface area contributed by atoms with Crippen molar-refractivity contribution in [2.45, 2.75) is 45.1 Å². The Morgan fingerprint density at radius 3 is 2.80 bits per heavy atom. The molecule has 3 N–H and O–H groups in total. The summed E-state index contributed by atoms with van der Waals surface area (Å²) >= 11 is 0. The van der Waals surface area contributed by atoms with E-state index in [0.717, 1.165) is 43.0 Å². The molecule has 1 saturated carbocycles. The second-order valence-electron chi connectivity index (χ2n) is 8.07. The van der Waals surface area contributed by atoms with Crippen LogP contribution in [0.1, 0.15) is 49.4 Å². The van der Waals surface area contributed by atoms with Crippen LogP contribution in [0.25, 0.3) is 0 Å². The molecule has 2 heterocycles. The molecule has 1 aromatic carbocycles. The number of hydrogen-bond donors (Lipinski definition) is 3. The zero-order chi connectivity index (χ0) is 21.3. The highest BCUT2D eigenvalue weighted by Crippen LogP contribution is 2.37. The Balaban J connectivity index is 1.71. The van der Waals surface area contributed by atoms with Gasteiger partial charge in [-0.15, -0.1) is 0 Å². The van der Waals surface area contributed by atoms with Crippen molar-refractivity contribution >= 4 is 23.5 Å². The lowest BCUT2D eigenvalue weighted by Crippen LogP contribution is -2.49. The first-order valence-corrected chi connectivity index (χ1v) is 10.6. The summed E-state index contributed by atoms with van der Waals surface area (Å²) in [6.07, 6.45) is 5.72. The van der Waals surface area contributed by atoms with Crippen LogP contribution in [0.15, 0.2) is 39.6 Å². The van der Waals surface area contributed by atoms with Crippen LogP contribution in [0.5, 0.6) is 5.75 Å². The summed E-state index contributed by atoms with van der Waals surface area (Å²) in [6.45, 7) is 3.05. The first-order valence-electron chi connectivity index (χ1n) is 10.6. The molecule has 1 atom stereocenters. The number of amidine groups is 1. The molecule has 0 unspecified atom stereocenters. The molecule has 0 aromatic heterocycles. The lowest BCUT2D eigenvalue weighted by molar-refractivity contribution is 0.0696. The van der Waals surface area contributed by atoms with E-state index < -0.39 is 5.97 Å². The summed E-state index contributed by atoms with van der Waals surface area (Å²) < 4.78 is 5.40. The van der Waals surface area contributed by atoms with Gasteiger partial charge in [-0.25, -0.2) is 9.79 Å². The van der Waals surface area contributed by atoms with Crippen LogP contribution < -0.4 is 15.4 Å². The van der Waals surface area contributed by atoms with E-state index >= 15 is 0 Å². The molecule has 160 valence electrons. The zero-order valence-corrected chi connectivity index (χ0v) is 17.7. The third-order valence-electron chi connectivity index (χ3n) is 6.03. The van der Waals surface area contributed by atoms with Crippen molar-refractivity contribution in [3.05, 3.63) is 35.2 Å². The second-order valence-corrected chi connectivity index (χ2v) is 8.07. The number of rotatable bonds is 5. The number of aromatic carboxylic acids is 1. The molecule has 4 rings (SSSR count). The first-order chi connectivity index (χ1) is 14.5. The van der Waals surface area contributed by atoms with Gasteiger partial charge in [0.15, 0.2) is 5.84 Å². The molecule has 1 aliphatic carbocycles. The van der Waals surface area contributed by atoms with E-state index in [0.29, 0.717) is 23.3 Å². The van der Waals surface area contributed by atoms with Crippen molar-refractivity contribution in [1.29, 1.82) is 0 Å². The summed E-state index contributed by atoms with van der Waals surface area (Å²) in [5.41, 5.74) is 3.02. The Kier molecular flexibility index (Phi) is 5.65. The van der Waals surface area contributed by atoms with Gasteiger partial charge < -0.3 is 25.4 Å². The van der Waals surface area contributed by atoms with Gasteiger partial charge in [0.1, 0.15) is 11.4 Å². The van der Waals surface area contributed by atoms with Gasteiger partial charge in [-0.2, -0.15) is 0 Å². The second kappa shape index (κ2) is 8.38. The number of hydrogen-bond acceptors (Lipinski definition) is 7. The molecule has 3 aliphatic rings. The van der Waals surface area contributed by atoms with Crippen LogP contribution in [-0.4, -0.2) is 54.5 Å². The van der Waals surface area contributed by atoms with Gasteiger partial charge in [-0.3, -0.25) is 4.99 Å². The van der Waals surface area contributed by atoms with Crippen LogP contribution in [0.3, 0.4) is 0 Å². The molecule has 30 heavy (non-hydrogen) atoms. The molecular formula is C22H29N5O3. The molecule has 2 aliphatic heterocycles. The summed E-state index contributed by atoms with van der Waals surface area (Å²) in [6, 6.07) is 5.00. The monoisotopic (exact) mass is 411 g/mol. The average Bonchev–Trinajstić information content (AvgIpc) is 3.27. The fraction of sp³-hybridized carbons (Fsp3) is 0.500. The Morgan fingerprint density at radius 2 is 2.13 bits per heavy atom. The number of carboxylic acids is 1. The number of nitrogens with zero attached hydrogens (tertiary/aromatic N) is 3. The number of allylic oxidation sites excluding steroid dienone is 1. The topological polar surface area (TPSA) is 98.6 Å². The Bertz CT molecular complexity index is 931. The van der Waals surface area contributed by atoms with Crippen molar-refractivity contribution in [2.24, 2.45) is 15.9 Å². The van der Waals surface area contributed by atoms with Crippen molar-refractivity contribution in [3.8, 4) is 5.75 Å². The van der Waals surface area contributed by atoms with Gasteiger partial charge in [0, 0.05) is 19.5 Å². The van der Waals surface area contributed by atoms with Crippen molar-refractivity contribution < 1.29 is 14.6 Å². The highest BCUT2D eigenvalue weighted by Gasteiger charge is 2.34. The third-order valence-corrected chi connectivity index (χ3v) is 6.03. The Morgan fingerprint density at radius 1 is 1.37 bits per heavy atom. The van der Waals surface area contributed by atoms with E-state index in [1.807, 2.05) is 0 Å². The number of likely N-dealkylation sites (N-methyl/N-ethyl adjacent to an activating group) is 1. The standard InChI is InChI=1S/C22H29N5O3/c1-4-15-12-27(2)19-18(13-7-5-6-8-13)25-22(26-20(19)23-15)24-16-10-9-14(21(28)29)11-17(16)30-3/h9-11,13,15H,4-8,12H2,1-3H3,(H,28,29)(H2,23,24,25,26)/t15-/m1/s1. The van der Waals surface area contributed by atoms with E-state index in [-0.39, 0.29) is 11.6 Å². The zero-order valence-electron chi connectivity index (χ0n) is 17.7. The van der Waals surface area contributed by atoms with Crippen molar-refractivity contribution in [3.63, 3.8) is 0 Å². The smallest absolute Gasteiger partial charge is 0.335 e. The van der Waals surface area contributed by atoms with E-state index in [1.54, 1.807) is 12.1 Å². The van der Waals surface area contributed by atoms with Gasteiger partial charge in [-0.05, 0) is 37.5 Å². The first kappa shape index (κ1) is 20.3. The lowest BCUT2D eigenvalue weighted by Gasteiger charge is -2.37. The van der Waals surface area contributed by atoms with Crippen LogP contribution in [0.2, 0.25) is 0 Å². The molecule has 0 bridgehead atoms. The number of carbonyl (C=O) groups is 1. The van der Waals surface area contributed by atoms with Gasteiger partial charge in [0.05, 0.1) is 30.1 Å². The maximum absolute atomic E-state index is 11.3. The van der Waals surface area contributed by atoms with Gasteiger partial charge in [0.25, 0.3) is 0 Å². The number of benzene rings is 1. The van der Waals surface area contributed by atoms with E-state index in [9.17, 15) is 9.90 Å². The highest BCUT2D eigenvalue weighted by atomic mass is 16.5. The minimum atomic E-state index is -0.991. The number of aliphatic imine (C=N–C) groups is 2. The van der Waals surface area contributed by atoms with Gasteiger partial charge >= 0.3 is 5.97 Å². The molecule has 0 amide bonds. The number of carboxylic acid groups (broad SMARTS) is 1. The molecule has 1 fully saturated rings. The number of fused-ring (bicyclic) bond motifs is 1. The summed E-state index contributed by atoms with van der Waals surface area (Å²) in [4.78, 5) is 23.4. The molecule has 0 spiro atoms. The Labute approximate surface area is 176 Å². The van der Waals surface area contributed by atoms with Crippen molar-refractivity contribution in [1.82, 2.24) is 10.2 Å². The molecule has 8 heteroatoms. The molecule has 0 radical (unpaired) electrons. The fourth-order valence-corrected chi connectivity index (χ4v) is 4.41. The van der Waals surface area contributed by atoms with E-state index in [2.05, 4.69) is 29.5 Å². The van der Waals surface area contributed by atoms with Crippen LogP contribution in [0.4, 0.5) is 5.69 Å². The lowest BCUT2D eigenvalue weighted by atomic mass is 9.99. The normalized spacial score (nSPS) is 21.6. The molecular weight excluding hydrogens is 382 g/mol. The SMILES string of the molecule is CC[C@@H]1CN(C)C2=C(C3CCCC3)N=C(Nc3ccc(C(=O)O)cc3OC)NC2=N1. The highest BCUT2D eigenvalue weighted by molar-refractivity contribution is 6.15. The van der Waals surface area contributed by atoms with Crippen molar-refractivity contribution in [2.75, 3.05) is 26.0 Å². The number of nitrogens with one attached hydrogen (secondary N) is 2. The maximum Gasteiger partial charge on any atom is 0.335 e. The number of anilines is 1. The number of ether oxygens (including phenoxy) is 1. The summed E-state index contributed by atoms with van der Waals surface area (Å²) in [5, 5.41) is 15.9. The van der Waals surface area contributed by atoms with E-state index in [4.69, 9.17) is 14.7 Å². The minimum absolute atomic E-state index is 0.175.